The molecular weight excluding hydrogens is 132 g/mol. The molecule has 0 aromatic carbocycles. The molecule has 0 fully saturated rings. The molecular formula is C11H20. The van der Waals surface area contributed by atoms with Gasteiger partial charge in [0.15, 0.2) is 0 Å². The summed E-state index contributed by atoms with van der Waals surface area (Å²) in [6, 6.07) is 0. The molecule has 0 amide bonds. The zero-order valence-electron chi connectivity index (χ0n) is 8.22. The van der Waals surface area contributed by atoms with Gasteiger partial charge in [-0.15, -0.1) is 0 Å². The van der Waals surface area contributed by atoms with Gasteiger partial charge in [-0.25, -0.2) is 0 Å². The highest BCUT2D eigenvalue weighted by Gasteiger charge is 2.19. The Balaban J connectivity index is 2.54. The van der Waals surface area contributed by atoms with E-state index in [9.17, 15) is 0 Å². The minimum Gasteiger partial charge on any atom is -0.0817 e. The molecule has 1 atom stereocenters. The Morgan fingerprint density at radius 2 is 1.91 bits per heavy atom. The fraction of sp³-hybridized carbons (Fsp3) is 0.818. The summed E-state index contributed by atoms with van der Waals surface area (Å²) in [5.74, 6) is 2.48. The van der Waals surface area contributed by atoms with Gasteiger partial charge in [-0.1, -0.05) is 39.3 Å². The van der Waals surface area contributed by atoms with Gasteiger partial charge in [0.05, 0.1) is 0 Å². The highest BCUT2D eigenvalue weighted by molar-refractivity contribution is 5.13. The van der Waals surface area contributed by atoms with Crippen molar-refractivity contribution in [2.75, 3.05) is 0 Å². The van der Waals surface area contributed by atoms with Gasteiger partial charge in [-0.05, 0) is 30.6 Å². The monoisotopic (exact) mass is 152 g/mol. The van der Waals surface area contributed by atoms with Crippen LogP contribution in [0.2, 0.25) is 0 Å². The molecule has 0 bridgehead atoms. The van der Waals surface area contributed by atoms with Crippen molar-refractivity contribution >= 4 is 0 Å². The Morgan fingerprint density at radius 1 is 1.27 bits per heavy atom. The molecule has 0 saturated heterocycles. The van der Waals surface area contributed by atoms with Crippen LogP contribution in [0.4, 0.5) is 0 Å². The first-order chi connectivity index (χ1) is 5.11. The van der Waals surface area contributed by atoms with Crippen molar-refractivity contribution in [2.45, 2.75) is 40.5 Å². The van der Waals surface area contributed by atoms with E-state index < -0.39 is 0 Å². The van der Waals surface area contributed by atoms with Crippen LogP contribution in [0.1, 0.15) is 40.5 Å². The summed E-state index contributed by atoms with van der Waals surface area (Å²) < 4.78 is 0. The van der Waals surface area contributed by atoms with E-state index >= 15 is 0 Å². The normalized spacial score (nSPS) is 24.9. The lowest BCUT2D eigenvalue weighted by molar-refractivity contribution is 0.458. The first-order valence-electron chi connectivity index (χ1n) is 4.82. The predicted molar refractivity (Wildman–Crippen MR) is 50.5 cm³/mol. The van der Waals surface area contributed by atoms with Crippen LogP contribution >= 0.6 is 0 Å². The lowest BCUT2D eigenvalue weighted by Gasteiger charge is -2.09. The average Bonchev–Trinajstić information content (AvgIpc) is 2.33. The lowest BCUT2D eigenvalue weighted by Crippen LogP contribution is -2.00. The zero-order chi connectivity index (χ0) is 8.43. The zero-order valence-corrected chi connectivity index (χ0v) is 8.22. The van der Waals surface area contributed by atoms with Gasteiger partial charge in [0.2, 0.25) is 0 Å². The smallest absolute Gasteiger partial charge is 0.0205 e. The SMILES string of the molecule is CC(C)C1=CC(C(C)C)CC1. The van der Waals surface area contributed by atoms with E-state index in [4.69, 9.17) is 0 Å². The first kappa shape index (κ1) is 8.83. The van der Waals surface area contributed by atoms with Gasteiger partial charge >= 0.3 is 0 Å². The van der Waals surface area contributed by atoms with E-state index in [2.05, 4.69) is 33.8 Å². The summed E-state index contributed by atoms with van der Waals surface area (Å²) in [6.45, 7) is 9.25. The second-order valence-corrected chi connectivity index (χ2v) is 4.34. The molecule has 0 radical (unpaired) electrons. The van der Waals surface area contributed by atoms with Gasteiger partial charge in [-0.2, -0.15) is 0 Å². The second-order valence-electron chi connectivity index (χ2n) is 4.34. The third-order valence-electron chi connectivity index (χ3n) is 2.79. The number of hydrogen-bond acceptors (Lipinski definition) is 0. The van der Waals surface area contributed by atoms with Crippen LogP contribution in [-0.2, 0) is 0 Å². The number of hydrogen-bond donors (Lipinski definition) is 0. The average molecular weight is 152 g/mol. The molecule has 0 saturated carbocycles. The fourth-order valence-electron chi connectivity index (χ4n) is 1.78. The third kappa shape index (κ3) is 2.08. The summed E-state index contributed by atoms with van der Waals surface area (Å²) in [5.41, 5.74) is 1.68. The standard InChI is InChI=1S/C11H20/c1-8(2)10-5-6-11(7-10)9(3)4/h7-10H,5-6H2,1-4H3. The maximum Gasteiger partial charge on any atom is -0.0205 e. The minimum atomic E-state index is 0.777. The Bertz CT molecular complexity index is 151. The van der Waals surface area contributed by atoms with E-state index in [1.165, 1.54) is 12.8 Å². The van der Waals surface area contributed by atoms with Crippen LogP contribution in [0.25, 0.3) is 0 Å². The van der Waals surface area contributed by atoms with E-state index in [1.807, 2.05) is 0 Å². The van der Waals surface area contributed by atoms with E-state index in [1.54, 1.807) is 5.57 Å². The van der Waals surface area contributed by atoms with Crippen LogP contribution in [0, 0.1) is 17.8 Å². The van der Waals surface area contributed by atoms with Crippen LogP contribution in [-0.4, -0.2) is 0 Å². The van der Waals surface area contributed by atoms with Crippen molar-refractivity contribution < 1.29 is 0 Å². The number of allylic oxidation sites excluding steroid dienone is 2. The number of rotatable bonds is 2. The molecule has 11 heavy (non-hydrogen) atoms. The Labute approximate surface area is 70.7 Å². The van der Waals surface area contributed by atoms with Crippen LogP contribution in [0.5, 0.6) is 0 Å². The van der Waals surface area contributed by atoms with Crippen molar-refractivity contribution in [1.29, 1.82) is 0 Å². The molecule has 0 nitrogen and oxygen atoms in total. The first-order valence-corrected chi connectivity index (χ1v) is 4.82. The van der Waals surface area contributed by atoms with Crippen LogP contribution in [0.15, 0.2) is 11.6 Å². The lowest BCUT2D eigenvalue weighted by atomic mass is 9.96. The van der Waals surface area contributed by atoms with Gasteiger partial charge in [0, 0.05) is 0 Å². The van der Waals surface area contributed by atoms with Gasteiger partial charge < -0.3 is 0 Å². The summed E-state index contributed by atoms with van der Waals surface area (Å²) in [7, 11) is 0. The largest absolute Gasteiger partial charge is 0.0817 e. The molecule has 0 spiro atoms. The summed E-state index contributed by atoms with van der Waals surface area (Å²) >= 11 is 0. The van der Waals surface area contributed by atoms with E-state index in [0.717, 1.165) is 17.8 Å². The molecule has 0 aromatic heterocycles. The molecule has 0 aliphatic heterocycles. The van der Waals surface area contributed by atoms with Crippen LogP contribution in [0.3, 0.4) is 0 Å². The molecule has 1 aliphatic carbocycles. The van der Waals surface area contributed by atoms with Gasteiger partial charge in [0.1, 0.15) is 0 Å². The second kappa shape index (κ2) is 3.42. The van der Waals surface area contributed by atoms with Crippen molar-refractivity contribution in [3.63, 3.8) is 0 Å². The van der Waals surface area contributed by atoms with Crippen molar-refractivity contribution in [3.05, 3.63) is 11.6 Å². The highest BCUT2D eigenvalue weighted by atomic mass is 14.2. The Morgan fingerprint density at radius 3 is 2.18 bits per heavy atom. The van der Waals surface area contributed by atoms with Crippen molar-refractivity contribution in [1.82, 2.24) is 0 Å². The Hall–Kier alpha value is -0.260. The molecule has 0 aromatic rings. The maximum absolute atomic E-state index is 2.51. The van der Waals surface area contributed by atoms with Crippen molar-refractivity contribution in [3.8, 4) is 0 Å². The minimum absolute atomic E-state index is 0.777. The molecule has 0 heterocycles. The van der Waals surface area contributed by atoms with Gasteiger partial charge in [0.25, 0.3) is 0 Å². The predicted octanol–water partition coefficient (Wildman–Crippen LogP) is 3.63. The third-order valence-corrected chi connectivity index (χ3v) is 2.79. The fourth-order valence-corrected chi connectivity index (χ4v) is 1.78. The Kier molecular flexibility index (Phi) is 2.75. The highest BCUT2D eigenvalue weighted by Crippen LogP contribution is 2.32. The topological polar surface area (TPSA) is 0 Å². The van der Waals surface area contributed by atoms with Gasteiger partial charge in [-0.3, -0.25) is 0 Å². The molecule has 1 rings (SSSR count). The van der Waals surface area contributed by atoms with Crippen molar-refractivity contribution in [2.24, 2.45) is 17.8 Å². The molecule has 0 N–H and O–H groups in total. The summed E-state index contributed by atoms with van der Waals surface area (Å²) in [4.78, 5) is 0. The molecule has 1 unspecified atom stereocenters. The van der Waals surface area contributed by atoms with E-state index in [-0.39, 0.29) is 0 Å². The quantitative estimate of drug-likeness (QED) is 0.530. The van der Waals surface area contributed by atoms with Crippen LogP contribution < -0.4 is 0 Å². The molecule has 64 valence electrons. The van der Waals surface area contributed by atoms with E-state index in [0.29, 0.717) is 0 Å². The molecule has 0 heteroatoms. The summed E-state index contributed by atoms with van der Waals surface area (Å²) in [5, 5.41) is 0. The summed E-state index contributed by atoms with van der Waals surface area (Å²) in [6.07, 6.45) is 5.25. The maximum atomic E-state index is 2.51. The molecule has 1 aliphatic rings.